The number of carbonyl (C=O) groups is 1. The monoisotopic (exact) mass is 399 g/mol. The van der Waals surface area contributed by atoms with E-state index in [1.807, 2.05) is 13.0 Å². The smallest absolute Gasteiger partial charge is 0.373 e. The fraction of sp³-hybridized carbons (Fsp3) is 0.474. The first-order valence-electron chi connectivity index (χ1n) is 8.90. The second-order valence-corrected chi connectivity index (χ2v) is 7.34. The van der Waals surface area contributed by atoms with Gasteiger partial charge in [0.2, 0.25) is 5.60 Å². The minimum Gasteiger partial charge on any atom is -0.373 e. The predicted octanol–water partition coefficient (Wildman–Crippen LogP) is 3.28. The van der Waals surface area contributed by atoms with E-state index in [-0.39, 0.29) is 30.7 Å². The molecule has 3 atom stereocenters. The summed E-state index contributed by atoms with van der Waals surface area (Å²) < 4.78 is 53.8. The van der Waals surface area contributed by atoms with Gasteiger partial charge < -0.3 is 10.0 Å². The van der Waals surface area contributed by atoms with E-state index in [2.05, 4.69) is 5.10 Å². The van der Waals surface area contributed by atoms with Crippen molar-refractivity contribution in [1.29, 1.82) is 0 Å². The summed E-state index contributed by atoms with van der Waals surface area (Å²) in [6, 6.07) is 7.65. The van der Waals surface area contributed by atoms with Crippen molar-refractivity contribution < 1.29 is 27.5 Å². The second-order valence-electron chi connectivity index (χ2n) is 7.34. The molecule has 1 unspecified atom stereocenters. The van der Waals surface area contributed by atoms with E-state index in [0.717, 1.165) is 10.6 Å². The van der Waals surface area contributed by atoms with Gasteiger partial charge in [0.05, 0.1) is 5.69 Å². The van der Waals surface area contributed by atoms with Crippen molar-refractivity contribution in [3.05, 3.63) is 48.0 Å². The largest absolute Gasteiger partial charge is 0.426 e. The van der Waals surface area contributed by atoms with Crippen molar-refractivity contribution in [2.75, 3.05) is 13.1 Å². The number of rotatable bonds is 3. The summed E-state index contributed by atoms with van der Waals surface area (Å²) in [7, 11) is 0. The molecule has 5 nitrogen and oxygen atoms in total. The topological polar surface area (TPSA) is 58.4 Å². The van der Waals surface area contributed by atoms with Crippen LogP contribution in [0.25, 0.3) is 5.69 Å². The summed E-state index contributed by atoms with van der Waals surface area (Å²) in [6.45, 7) is 2.50. The molecule has 1 aliphatic heterocycles. The average molecular weight is 399 g/mol. The third-order valence-electron chi connectivity index (χ3n) is 5.28. The van der Waals surface area contributed by atoms with E-state index in [4.69, 9.17) is 0 Å². The van der Waals surface area contributed by atoms with Gasteiger partial charge >= 0.3 is 6.18 Å². The van der Waals surface area contributed by atoms with Crippen LogP contribution in [0.1, 0.15) is 31.9 Å². The zero-order chi connectivity index (χ0) is 20.7. The lowest BCUT2D eigenvalue weighted by Crippen LogP contribution is -2.58. The number of hydrogen-bond acceptors (Lipinski definition) is 3. The predicted molar refractivity (Wildman–Crippen MR) is 93.3 cm³/mol. The molecule has 1 amide bonds. The number of nitrogens with zero attached hydrogens (tertiary/aromatic N) is 3. The molecular weight excluding hydrogens is 378 g/mol. The van der Waals surface area contributed by atoms with Gasteiger partial charge in [-0.3, -0.25) is 4.79 Å². The number of aliphatic hydroxyl groups is 1. The Balaban J connectivity index is 1.78. The van der Waals surface area contributed by atoms with E-state index in [1.165, 1.54) is 12.1 Å². The number of piperidine rings is 1. The first-order chi connectivity index (χ1) is 13.0. The molecule has 1 aromatic carbocycles. The molecule has 0 spiro atoms. The Labute approximate surface area is 159 Å². The van der Waals surface area contributed by atoms with Crippen LogP contribution >= 0.6 is 0 Å². The van der Waals surface area contributed by atoms with Gasteiger partial charge in [0.25, 0.3) is 5.91 Å². The molecule has 28 heavy (non-hydrogen) atoms. The molecule has 1 aromatic heterocycles. The molecule has 0 saturated carbocycles. The first-order valence-corrected chi connectivity index (χ1v) is 8.90. The molecule has 2 heterocycles. The molecule has 1 fully saturated rings. The quantitative estimate of drug-likeness (QED) is 0.806. The van der Waals surface area contributed by atoms with Gasteiger partial charge in [-0.05, 0) is 49.6 Å². The van der Waals surface area contributed by atoms with Gasteiger partial charge in [0, 0.05) is 30.9 Å². The Morgan fingerprint density at radius 3 is 2.43 bits per heavy atom. The molecule has 0 bridgehead atoms. The van der Waals surface area contributed by atoms with Gasteiger partial charge in [-0.1, -0.05) is 6.92 Å². The molecule has 1 N–H and O–H groups in total. The molecule has 1 aliphatic rings. The van der Waals surface area contributed by atoms with Crippen LogP contribution in [0.2, 0.25) is 0 Å². The van der Waals surface area contributed by atoms with Gasteiger partial charge in [-0.15, -0.1) is 0 Å². The van der Waals surface area contributed by atoms with Crippen LogP contribution in [-0.4, -0.2) is 50.6 Å². The Hall–Kier alpha value is -2.42. The first kappa shape index (κ1) is 20.3. The van der Waals surface area contributed by atoms with Gasteiger partial charge in [-0.25, -0.2) is 9.07 Å². The fourth-order valence-corrected chi connectivity index (χ4v) is 3.59. The van der Waals surface area contributed by atoms with Crippen LogP contribution in [0.3, 0.4) is 0 Å². The van der Waals surface area contributed by atoms with Crippen LogP contribution in [0.5, 0.6) is 0 Å². The van der Waals surface area contributed by atoms with Crippen LogP contribution in [0.4, 0.5) is 17.6 Å². The standard InChI is InChI=1S/C19H21F4N3O2/c1-12-11-25(17(27)18(2,28)19(21,22)23)10-8-15(12)16-7-9-24-26(16)14-5-3-13(20)4-6-14/h3-7,9,12,15,28H,8,10-11H2,1-2H3/t12-,15?,18-/m1/s1. The normalized spacial score (nSPS) is 22.8. The Bertz CT molecular complexity index is 846. The van der Waals surface area contributed by atoms with E-state index in [9.17, 15) is 27.5 Å². The van der Waals surface area contributed by atoms with Gasteiger partial charge in [0.15, 0.2) is 0 Å². The maximum Gasteiger partial charge on any atom is 0.426 e. The van der Waals surface area contributed by atoms with Gasteiger partial charge in [0.1, 0.15) is 5.82 Å². The summed E-state index contributed by atoms with van der Waals surface area (Å²) in [4.78, 5) is 13.3. The van der Waals surface area contributed by atoms with Crippen LogP contribution in [0.15, 0.2) is 36.5 Å². The fourth-order valence-electron chi connectivity index (χ4n) is 3.59. The number of alkyl halides is 3. The lowest BCUT2D eigenvalue weighted by atomic mass is 9.83. The third-order valence-corrected chi connectivity index (χ3v) is 5.28. The SMILES string of the molecule is C[C@@H]1CN(C(=O)[C@@](C)(O)C(F)(F)F)CCC1c1ccnn1-c1ccc(F)cc1. The highest BCUT2D eigenvalue weighted by Crippen LogP contribution is 2.37. The second kappa shape index (κ2) is 7.20. The van der Waals surface area contributed by atoms with Crippen molar-refractivity contribution in [3.8, 4) is 5.69 Å². The molecule has 0 radical (unpaired) electrons. The van der Waals surface area contributed by atoms with E-state index >= 15 is 0 Å². The van der Waals surface area contributed by atoms with Crippen molar-refractivity contribution in [3.63, 3.8) is 0 Å². The summed E-state index contributed by atoms with van der Waals surface area (Å²) in [6.07, 6.45) is -3.00. The maximum atomic E-state index is 13.2. The summed E-state index contributed by atoms with van der Waals surface area (Å²) >= 11 is 0. The van der Waals surface area contributed by atoms with E-state index in [0.29, 0.717) is 19.0 Å². The highest BCUT2D eigenvalue weighted by Gasteiger charge is 2.57. The molecule has 2 aromatic rings. The zero-order valence-corrected chi connectivity index (χ0v) is 15.4. The Kier molecular flexibility index (Phi) is 5.22. The minimum atomic E-state index is -5.04. The summed E-state index contributed by atoms with van der Waals surface area (Å²) in [5.74, 6) is -1.91. The van der Waals surface area contributed by atoms with Crippen LogP contribution in [0, 0.1) is 11.7 Å². The average Bonchev–Trinajstić information content (AvgIpc) is 3.10. The number of carbonyl (C=O) groups excluding carboxylic acids is 1. The van der Waals surface area contributed by atoms with Crippen molar-refractivity contribution >= 4 is 5.91 Å². The maximum absolute atomic E-state index is 13.2. The van der Waals surface area contributed by atoms with Crippen LogP contribution in [-0.2, 0) is 4.79 Å². The van der Waals surface area contributed by atoms with Crippen molar-refractivity contribution in [1.82, 2.24) is 14.7 Å². The molecule has 9 heteroatoms. The Morgan fingerprint density at radius 2 is 1.86 bits per heavy atom. The number of benzene rings is 1. The number of aromatic nitrogens is 2. The van der Waals surface area contributed by atoms with Crippen LogP contribution < -0.4 is 0 Å². The lowest BCUT2D eigenvalue weighted by molar-refractivity contribution is -0.250. The van der Waals surface area contributed by atoms with E-state index in [1.54, 1.807) is 23.0 Å². The molecule has 3 rings (SSSR count). The van der Waals surface area contributed by atoms with E-state index < -0.39 is 17.7 Å². The van der Waals surface area contributed by atoms with Crippen molar-refractivity contribution in [2.45, 2.75) is 38.0 Å². The zero-order valence-electron chi connectivity index (χ0n) is 15.4. The highest BCUT2D eigenvalue weighted by atomic mass is 19.4. The van der Waals surface area contributed by atoms with Gasteiger partial charge in [-0.2, -0.15) is 18.3 Å². The summed E-state index contributed by atoms with van der Waals surface area (Å²) in [5.41, 5.74) is -1.89. The minimum absolute atomic E-state index is 0.0487. The number of halogens is 4. The molecule has 1 saturated heterocycles. The lowest BCUT2D eigenvalue weighted by Gasteiger charge is -2.40. The molecular formula is C19H21F4N3O2. The Morgan fingerprint density at radius 1 is 1.21 bits per heavy atom. The molecule has 0 aliphatic carbocycles. The number of likely N-dealkylation sites (tertiary alicyclic amines) is 1. The summed E-state index contributed by atoms with van der Waals surface area (Å²) in [5, 5.41) is 13.9. The third kappa shape index (κ3) is 3.63. The molecule has 152 valence electrons. The number of amides is 1. The highest BCUT2D eigenvalue weighted by molar-refractivity contribution is 5.85. The van der Waals surface area contributed by atoms with Crippen molar-refractivity contribution in [2.24, 2.45) is 5.92 Å². The number of hydrogen-bond donors (Lipinski definition) is 1.